The third-order valence-corrected chi connectivity index (χ3v) is 5.18. The zero-order chi connectivity index (χ0) is 22.8. The molecule has 0 aliphatic rings. The molecule has 3 aromatic carbocycles. The fourth-order valence-electron chi connectivity index (χ4n) is 3.04. The van der Waals surface area contributed by atoms with Crippen LogP contribution < -0.4 is 10.1 Å². The normalized spacial score (nSPS) is 11.7. The van der Waals surface area contributed by atoms with Crippen LogP contribution in [-0.4, -0.2) is 25.0 Å². The van der Waals surface area contributed by atoms with E-state index in [0.717, 1.165) is 26.9 Å². The van der Waals surface area contributed by atoms with Gasteiger partial charge in [0.25, 0.3) is 0 Å². The molecule has 3 aromatic rings. The number of amides is 1. The van der Waals surface area contributed by atoms with Gasteiger partial charge in [-0.2, -0.15) is 0 Å². The molecule has 0 aliphatic heterocycles. The van der Waals surface area contributed by atoms with Gasteiger partial charge in [-0.05, 0) is 47.0 Å². The molecule has 0 bridgehead atoms. The van der Waals surface area contributed by atoms with Crippen LogP contribution in [0, 0.1) is 0 Å². The maximum absolute atomic E-state index is 12.4. The molecule has 1 amide bonds. The van der Waals surface area contributed by atoms with Gasteiger partial charge in [0.1, 0.15) is 18.4 Å². The number of esters is 1. The first-order chi connectivity index (χ1) is 15.5. The number of ether oxygens (including phenoxy) is 2. The lowest BCUT2D eigenvalue weighted by Crippen LogP contribution is -2.42. The van der Waals surface area contributed by atoms with Gasteiger partial charge in [0.05, 0.1) is 7.11 Å². The topological polar surface area (TPSA) is 64.6 Å². The number of methoxy groups -OCH3 is 1. The van der Waals surface area contributed by atoms with Crippen molar-refractivity contribution in [3.63, 3.8) is 0 Å². The first-order valence-corrected chi connectivity index (χ1v) is 10.9. The van der Waals surface area contributed by atoms with E-state index in [0.29, 0.717) is 13.0 Å². The first kappa shape index (κ1) is 23.3. The Bertz CT molecular complexity index is 1060. The van der Waals surface area contributed by atoms with Crippen molar-refractivity contribution in [1.29, 1.82) is 0 Å². The van der Waals surface area contributed by atoms with Crippen LogP contribution in [0.5, 0.6) is 5.75 Å². The van der Waals surface area contributed by atoms with Gasteiger partial charge in [-0.15, -0.1) is 0 Å². The van der Waals surface area contributed by atoms with Crippen LogP contribution >= 0.6 is 15.9 Å². The van der Waals surface area contributed by atoms with Crippen molar-refractivity contribution in [2.75, 3.05) is 7.11 Å². The minimum atomic E-state index is -0.796. The van der Waals surface area contributed by atoms with Crippen LogP contribution in [0.1, 0.15) is 16.7 Å². The van der Waals surface area contributed by atoms with Gasteiger partial charge in [0.2, 0.25) is 5.91 Å². The fourth-order valence-corrected chi connectivity index (χ4v) is 3.45. The summed E-state index contributed by atoms with van der Waals surface area (Å²) in [4.78, 5) is 24.6. The van der Waals surface area contributed by atoms with Gasteiger partial charge in [0.15, 0.2) is 0 Å². The van der Waals surface area contributed by atoms with E-state index in [1.54, 1.807) is 6.08 Å². The predicted molar refractivity (Wildman–Crippen MR) is 128 cm³/mol. The van der Waals surface area contributed by atoms with E-state index in [4.69, 9.17) is 9.47 Å². The van der Waals surface area contributed by atoms with Crippen molar-refractivity contribution in [2.45, 2.75) is 19.1 Å². The van der Waals surface area contributed by atoms with E-state index in [-0.39, 0.29) is 5.91 Å². The van der Waals surface area contributed by atoms with E-state index in [1.165, 1.54) is 13.2 Å². The number of hydrogen-bond donors (Lipinski definition) is 1. The number of hydrogen-bond acceptors (Lipinski definition) is 4. The Hall–Kier alpha value is -3.38. The molecule has 0 radical (unpaired) electrons. The highest BCUT2D eigenvalue weighted by Crippen LogP contribution is 2.16. The van der Waals surface area contributed by atoms with Gasteiger partial charge < -0.3 is 14.8 Å². The van der Waals surface area contributed by atoms with E-state index in [2.05, 4.69) is 21.2 Å². The standard InChI is InChI=1S/C26H24BrNO4/c1-31-26(30)24(28-25(29)15-12-19-8-5-9-22(27)16-19)17-20-10-13-23(14-11-20)32-18-21-6-3-2-4-7-21/h2-16,24H,17-18H2,1H3,(H,28,29)/b15-12+/t24-/m0/s1. The summed E-state index contributed by atoms with van der Waals surface area (Å²) in [5.74, 6) is -0.144. The second-order valence-electron chi connectivity index (χ2n) is 7.10. The minimum absolute atomic E-state index is 0.308. The Morgan fingerprint density at radius 1 is 0.969 bits per heavy atom. The number of nitrogens with one attached hydrogen (secondary N) is 1. The van der Waals surface area contributed by atoms with E-state index >= 15 is 0 Å². The van der Waals surface area contributed by atoms with E-state index in [1.807, 2.05) is 78.9 Å². The van der Waals surface area contributed by atoms with Crippen molar-refractivity contribution >= 4 is 33.9 Å². The zero-order valence-electron chi connectivity index (χ0n) is 17.7. The third kappa shape index (κ3) is 7.39. The van der Waals surface area contributed by atoms with E-state index in [9.17, 15) is 9.59 Å². The molecule has 0 fully saturated rings. The summed E-state index contributed by atoms with van der Waals surface area (Å²) in [5.41, 5.74) is 2.83. The van der Waals surface area contributed by atoms with Crippen molar-refractivity contribution < 1.29 is 19.1 Å². The molecule has 0 spiro atoms. The highest BCUT2D eigenvalue weighted by atomic mass is 79.9. The highest BCUT2D eigenvalue weighted by Gasteiger charge is 2.21. The molecule has 0 unspecified atom stereocenters. The molecular weight excluding hydrogens is 470 g/mol. The molecule has 6 heteroatoms. The Labute approximate surface area is 196 Å². The van der Waals surface area contributed by atoms with Gasteiger partial charge in [0, 0.05) is 17.0 Å². The molecule has 0 aromatic heterocycles. The summed E-state index contributed by atoms with van der Waals surface area (Å²) in [6, 6.07) is 24.1. The van der Waals surface area contributed by atoms with Crippen LogP contribution in [0.15, 0.2) is 89.4 Å². The summed E-state index contributed by atoms with van der Waals surface area (Å²) >= 11 is 3.40. The SMILES string of the molecule is COC(=O)[C@H](Cc1ccc(OCc2ccccc2)cc1)NC(=O)/C=C/c1cccc(Br)c1. The van der Waals surface area contributed by atoms with Crippen LogP contribution in [0.2, 0.25) is 0 Å². The number of halogens is 1. The van der Waals surface area contributed by atoms with E-state index < -0.39 is 12.0 Å². The zero-order valence-corrected chi connectivity index (χ0v) is 19.2. The fraction of sp³-hybridized carbons (Fsp3) is 0.154. The highest BCUT2D eigenvalue weighted by molar-refractivity contribution is 9.10. The van der Waals surface area contributed by atoms with Gasteiger partial charge >= 0.3 is 5.97 Å². The number of benzene rings is 3. The van der Waals surface area contributed by atoms with Crippen LogP contribution in [-0.2, 0) is 27.4 Å². The maximum Gasteiger partial charge on any atom is 0.328 e. The quantitative estimate of drug-likeness (QED) is 0.338. The second-order valence-corrected chi connectivity index (χ2v) is 8.01. The summed E-state index contributed by atoms with van der Waals surface area (Å²) in [6.07, 6.45) is 3.40. The van der Waals surface area contributed by atoms with Crippen molar-refractivity contribution in [2.24, 2.45) is 0 Å². The Morgan fingerprint density at radius 2 is 1.72 bits per heavy atom. The number of carbonyl (C=O) groups is 2. The average Bonchev–Trinajstić information content (AvgIpc) is 2.82. The summed E-state index contributed by atoms with van der Waals surface area (Å²) in [5, 5.41) is 2.72. The molecule has 5 nitrogen and oxygen atoms in total. The molecule has 3 rings (SSSR count). The number of carbonyl (C=O) groups excluding carboxylic acids is 2. The predicted octanol–water partition coefficient (Wildman–Crippen LogP) is 4.94. The van der Waals surface area contributed by atoms with Crippen molar-refractivity contribution in [1.82, 2.24) is 5.32 Å². The molecule has 0 aliphatic carbocycles. The number of rotatable bonds is 9. The minimum Gasteiger partial charge on any atom is -0.489 e. The lowest BCUT2D eigenvalue weighted by atomic mass is 10.1. The monoisotopic (exact) mass is 493 g/mol. The average molecular weight is 494 g/mol. The molecular formula is C26H24BrNO4. The van der Waals surface area contributed by atoms with Crippen LogP contribution in [0.3, 0.4) is 0 Å². The molecule has 1 N–H and O–H groups in total. The Morgan fingerprint density at radius 3 is 2.41 bits per heavy atom. The molecule has 0 saturated carbocycles. The lowest BCUT2D eigenvalue weighted by molar-refractivity contribution is -0.144. The van der Waals surface area contributed by atoms with Gasteiger partial charge in [-0.1, -0.05) is 70.5 Å². The van der Waals surface area contributed by atoms with Gasteiger partial charge in [-0.25, -0.2) is 4.79 Å². The summed E-state index contributed by atoms with van der Waals surface area (Å²) < 4.78 is 11.6. The molecule has 164 valence electrons. The largest absolute Gasteiger partial charge is 0.489 e. The molecule has 32 heavy (non-hydrogen) atoms. The lowest BCUT2D eigenvalue weighted by Gasteiger charge is -2.16. The third-order valence-electron chi connectivity index (χ3n) is 4.69. The van der Waals surface area contributed by atoms with Crippen molar-refractivity contribution in [3.8, 4) is 5.75 Å². The first-order valence-electron chi connectivity index (χ1n) is 10.1. The summed E-state index contributed by atoms with van der Waals surface area (Å²) in [7, 11) is 1.30. The van der Waals surface area contributed by atoms with Crippen molar-refractivity contribution in [3.05, 3.63) is 106 Å². The van der Waals surface area contributed by atoms with Crippen LogP contribution in [0.4, 0.5) is 0 Å². The second kappa shape index (κ2) is 11.9. The molecule has 1 atom stereocenters. The van der Waals surface area contributed by atoms with Crippen LogP contribution in [0.25, 0.3) is 6.08 Å². The smallest absolute Gasteiger partial charge is 0.328 e. The molecule has 0 saturated heterocycles. The maximum atomic E-state index is 12.4. The molecule has 0 heterocycles. The Balaban J connectivity index is 1.58. The Kier molecular flexibility index (Phi) is 8.63. The summed E-state index contributed by atoms with van der Waals surface area (Å²) in [6.45, 7) is 0.478. The van der Waals surface area contributed by atoms with Gasteiger partial charge in [-0.3, -0.25) is 4.79 Å².